The normalized spacial score (nSPS) is 27.9. The molecule has 0 aliphatic heterocycles. The average molecular weight is 211 g/mol. The lowest BCUT2D eigenvalue weighted by Gasteiger charge is -2.29. The van der Waals surface area contributed by atoms with Crippen molar-refractivity contribution >= 4 is 30.3 Å². The zero-order valence-corrected chi connectivity index (χ0v) is 8.01. The molecule has 1 atom stereocenters. The monoisotopic (exact) mass is 210 g/mol. The van der Waals surface area contributed by atoms with Crippen LogP contribution in [-0.4, -0.2) is 20.2 Å². The molecule has 0 heterocycles. The van der Waals surface area contributed by atoms with Crippen LogP contribution in [0.15, 0.2) is 0 Å². The van der Waals surface area contributed by atoms with Gasteiger partial charge in [0.15, 0.2) is 6.17 Å². The fourth-order valence-corrected chi connectivity index (χ4v) is 0.472. The van der Waals surface area contributed by atoms with Crippen LogP contribution in [0.2, 0.25) is 0 Å². The van der Waals surface area contributed by atoms with E-state index in [0.717, 1.165) is 0 Å². The van der Waals surface area contributed by atoms with Gasteiger partial charge in [-0.2, -0.15) is 22.2 Å². The molecule has 0 amide bonds. The van der Waals surface area contributed by atoms with Crippen LogP contribution in [0.25, 0.3) is 0 Å². The molecular formula is C4H7Cl2F3Si. The molecule has 1 unspecified atom stereocenters. The van der Waals surface area contributed by atoms with Gasteiger partial charge in [0, 0.05) is 6.42 Å². The van der Waals surface area contributed by atoms with E-state index in [9.17, 15) is 13.2 Å². The molecule has 6 heteroatoms. The molecule has 62 valence electrons. The highest BCUT2D eigenvalue weighted by molar-refractivity contribution is 7.22. The van der Waals surface area contributed by atoms with Crippen molar-refractivity contribution in [2.75, 3.05) is 0 Å². The van der Waals surface area contributed by atoms with Crippen molar-refractivity contribution in [1.29, 1.82) is 0 Å². The maximum absolute atomic E-state index is 11.6. The van der Waals surface area contributed by atoms with Gasteiger partial charge in [0.2, 0.25) is 8.14 Å². The van der Waals surface area contributed by atoms with Crippen molar-refractivity contribution < 1.29 is 13.2 Å². The van der Waals surface area contributed by atoms with Gasteiger partial charge in [-0.25, -0.2) is 13.2 Å². The summed E-state index contributed by atoms with van der Waals surface area (Å²) in [6.07, 6.45) is -2.09. The van der Waals surface area contributed by atoms with E-state index in [2.05, 4.69) is 0 Å². The zero-order chi connectivity index (χ0) is 8.20. The fourth-order valence-electron chi connectivity index (χ4n) is 0.472. The minimum Gasteiger partial charge on any atom is -0.241 e. The quantitative estimate of drug-likeness (QED) is 0.425. The summed E-state index contributed by atoms with van der Waals surface area (Å²) in [6.45, 7) is 0. The number of hydrogen-bond acceptors (Lipinski definition) is 0. The molecule has 0 bridgehead atoms. The third-order valence-corrected chi connectivity index (χ3v) is 1.19. The van der Waals surface area contributed by atoms with Crippen LogP contribution in [0.3, 0.4) is 0 Å². The highest BCUT2D eigenvalue weighted by Gasteiger charge is 2.48. The summed E-state index contributed by atoms with van der Waals surface area (Å²) >= 11 is 9.81. The second-order valence-electron chi connectivity index (χ2n) is 1.87. The molecule has 1 rings (SSSR count). The fraction of sp³-hybridized carbons (Fsp3) is 1.00. The Morgan fingerprint density at radius 2 is 1.70 bits per heavy atom. The van der Waals surface area contributed by atoms with Crippen molar-refractivity contribution in [3.8, 4) is 0 Å². The molecule has 1 fully saturated rings. The van der Waals surface area contributed by atoms with E-state index in [4.69, 9.17) is 22.2 Å². The molecule has 0 spiro atoms. The maximum atomic E-state index is 11.6. The Balaban J connectivity index is 0.000000236. The van der Waals surface area contributed by atoms with Gasteiger partial charge in [-0.1, -0.05) is 0 Å². The van der Waals surface area contributed by atoms with Crippen LogP contribution in [-0.2, 0) is 0 Å². The van der Waals surface area contributed by atoms with Gasteiger partial charge >= 0.3 is 0 Å². The molecule has 1 aliphatic carbocycles. The van der Waals surface area contributed by atoms with E-state index >= 15 is 0 Å². The first-order valence-corrected chi connectivity index (χ1v) is 6.96. The lowest BCUT2D eigenvalue weighted by Crippen LogP contribution is -2.40. The number of alkyl halides is 3. The molecule has 0 aromatic rings. The SMILES string of the molecule is Cl[SiH2]Cl.FC1CCC1(F)F. The smallest absolute Gasteiger partial charge is 0.241 e. The molecule has 0 N–H and O–H groups in total. The summed E-state index contributed by atoms with van der Waals surface area (Å²) in [5, 5.41) is 0. The number of hydrogen-bond donors (Lipinski definition) is 0. The topological polar surface area (TPSA) is 0 Å². The predicted molar refractivity (Wildman–Crippen MR) is 39.3 cm³/mol. The van der Waals surface area contributed by atoms with Gasteiger partial charge < -0.3 is 0 Å². The molecule has 10 heavy (non-hydrogen) atoms. The first-order valence-electron chi connectivity index (χ1n) is 2.68. The Morgan fingerprint density at radius 3 is 1.70 bits per heavy atom. The first-order chi connectivity index (χ1) is 4.54. The minimum atomic E-state index is -2.99. The van der Waals surface area contributed by atoms with E-state index in [1.54, 1.807) is 0 Å². The second-order valence-corrected chi connectivity index (χ2v) is 4.49. The van der Waals surface area contributed by atoms with Gasteiger partial charge in [0.25, 0.3) is 5.92 Å². The highest BCUT2D eigenvalue weighted by atomic mass is 35.7. The van der Waals surface area contributed by atoms with Gasteiger partial charge in [0.05, 0.1) is 0 Å². The summed E-state index contributed by atoms with van der Waals surface area (Å²) < 4.78 is 34.7. The summed E-state index contributed by atoms with van der Waals surface area (Å²) in [5.74, 6) is -2.99. The maximum Gasteiger partial charge on any atom is 0.278 e. The van der Waals surface area contributed by atoms with Crippen LogP contribution < -0.4 is 0 Å². The minimum absolute atomic E-state index is 0.0347. The molecule has 0 nitrogen and oxygen atoms in total. The van der Waals surface area contributed by atoms with Gasteiger partial charge in [-0.05, 0) is 6.42 Å². The van der Waals surface area contributed by atoms with E-state index in [0.29, 0.717) is 0 Å². The van der Waals surface area contributed by atoms with Gasteiger partial charge in [-0.3, -0.25) is 0 Å². The van der Waals surface area contributed by atoms with Crippen LogP contribution in [0.5, 0.6) is 0 Å². The van der Waals surface area contributed by atoms with E-state index in [1.807, 2.05) is 0 Å². The lowest BCUT2D eigenvalue weighted by molar-refractivity contribution is -0.141. The Hall–Kier alpha value is 0.587. The Labute approximate surface area is 68.9 Å². The molecular weight excluding hydrogens is 204 g/mol. The highest BCUT2D eigenvalue weighted by Crippen LogP contribution is 2.39. The van der Waals surface area contributed by atoms with E-state index < -0.39 is 20.2 Å². The Kier molecular flexibility index (Phi) is 4.72. The van der Waals surface area contributed by atoms with Crippen molar-refractivity contribution in [1.82, 2.24) is 0 Å². The third-order valence-electron chi connectivity index (χ3n) is 1.19. The first kappa shape index (κ1) is 10.6. The molecule has 1 aliphatic rings. The Bertz CT molecular complexity index is 101. The summed E-state index contributed by atoms with van der Waals surface area (Å²) in [7, 11) is -0.639. The Morgan fingerprint density at radius 1 is 1.40 bits per heavy atom. The molecule has 0 radical (unpaired) electrons. The van der Waals surface area contributed by atoms with E-state index in [1.165, 1.54) is 0 Å². The molecule has 1 saturated carbocycles. The summed E-state index contributed by atoms with van der Waals surface area (Å²) in [4.78, 5) is 0. The van der Waals surface area contributed by atoms with Crippen molar-refractivity contribution in [2.24, 2.45) is 0 Å². The van der Waals surface area contributed by atoms with Crippen LogP contribution in [0.1, 0.15) is 12.8 Å². The van der Waals surface area contributed by atoms with Crippen molar-refractivity contribution in [3.63, 3.8) is 0 Å². The summed E-state index contributed by atoms with van der Waals surface area (Å²) in [5.41, 5.74) is 0. The molecule has 0 aromatic carbocycles. The standard InChI is InChI=1S/C4H5F3.Cl2H2Si/c5-3-1-2-4(3,6)7;1-3-2/h3H,1-2H2;3H2. The zero-order valence-electron chi connectivity index (χ0n) is 5.09. The van der Waals surface area contributed by atoms with E-state index in [-0.39, 0.29) is 12.8 Å². The summed E-state index contributed by atoms with van der Waals surface area (Å²) in [6, 6.07) is 0. The van der Waals surface area contributed by atoms with Crippen molar-refractivity contribution in [3.05, 3.63) is 0 Å². The van der Waals surface area contributed by atoms with Gasteiger partial charge in [0.1, 0.15) is 0 Å². The number of rotatable bonds is 0. The van der Waals surface area contributed by atoms with Crippen LogP contribution in [0, 0.1) is 0 Å². The van der Waals surface area contributed by atoms with Crippen LogP contribution >= 0.6 is 22.2 Å². The predicted octanol–water partition coefficient (Wildman–Crippen LogP) is 2.22. The van der Waals surface area contributed by atoms with Crippen molar-refractivity contribution in [2.45, 2.75) is 24.9 Å². The molecule has 0 aromatic heterocycles. The second kappa shape index (κ2) is 4.46. The largest absolute Gasteiger partial charge is 0.278 e. The third kappa shape index (κ3) is 3.12. The number of halogens is 5. The van der Waals surface area contributed by atoms with Crippen LogP contribution in [0.4, 0.5) is 13.2 Å². The lowest BCUT2D eigenvalue weighted by atomic mass is 9.93. The van der Waals surface area contributed by atoms with Gasteiger partial charge in [-0.15, -0.1) is 0 Å². The molecule has 0 saturated heterocycles. The average Bonchev–Trinajstić information content (AvgIpc) is 1.87.